The van der Waals surface area contributed by atoms with Crippen molar-refractivity contribution in [1.82, 2.24) is 0 Å². The number of phenols is 1. The quantitative estimate of drug-likeness (QED) is 0.705. The number of carbonyl (C=O) groups is 1. The smallest absolute Gasteiger partial charge is 0.160 e. The largest absolute Gasteiger partial charge is 0.506 e. The van der Waals surface area contributed by atoms with E-state index in [1.807, 2.05) is 0 Å². The number of phenolic OH excluding ortho intramolecular Hbond substituents is 1. The van der Waals surface area contributed by atoms with E-state index in [1.54, 1.807) is 13.8 Å². The van der Waals surface area contributed by atoms with Crippen LogP contribution in [0.3, 0.4) is 0 Å². The first-order valence-corrected chi connectivity index (χ1v) is 4.32. The Balaban J connectivity index is 3.53. The molecule has 0 spiro atoms. The lowest BCUT2D eigenvalue weighted by atomic mass is 9.99. The molecule has 0 heterocycles. The molecule has 13 heavy (non-hydrogen) atoms. The maximum atomic E-state index is 11.2. The Kier molecular flexibility index (Phi) is 2.62. The Bertz CT molecular complexity index is 370. The van der Waals surface area contributed by atoms with Crippen LogP contribution in [0.1, 0.15) is 28.4 Å². The van der Waals surface area contributed by atoms with Gasteiger partial charge >= 0.3 is 0 Å². The van der Waals surface area contributed by atoms with Gasteiger partial charge in [0.05, 0.1) is 5.02 Å². The summed E-state index contributed by atoms with van der Waals surface area (Å²) >= 11 is 5.80. The van der Waals surface area contributed by atoms with Crippen molar-refractivity contribution in [3.63, 3.8) is 0 Å². The number of hydrogen-bond acceptors (Lipinski definition) is 2. The van der Waals surface area contributed by atoms with Gasteiger partial charge in [-0.25, -0.2) is 0 Å². The highest BCUT2D eigenvalue weighted by atomic mass is 35.5. The number of halogens is 1. The number of Topliss-reactive ketones (excluding diaryl/α,β-unsaturated/α-hetero) is 1. The predicted octanol–water partition coefficient (Wildman–Crippen LogP) is 2.87. The molecule has 0 fully saturated rings. The molecule has 0 bridgehead atoms. The molecule has 0 unspecified atom stereocenters. The van der Waals surface area contributed by atoms with Crippen LogP contribution in [0.4, 0.5) is 0 Å². The fraction of sp³-hybridized carbons (Fsp3) is 0.300. The summed E-state index contributed by atoms with van der Waals surface area (Å²) in [5.41, 5.74) is 2.00. The second kappa shape index (κ2) is 3.38. The molecule has 0 radical (unpaired) electrons. The lowest BCUT2D eigenvalue weighted by Gasteiger charge is -2.09. The van der Waals surface area contributed by atoms with Crippen molar-refractivity contribution in [2.24, 2.45) is 0 Å². The highest BCUT2D eigenvalue weighted by molar-refractivity contribution is 6.33. The summed E-state index contributed by atoms with van der Waals surface area (Å²) < 4.78 is 0. The Labute approximate surface area is 82.2 Å². The van der Waals surface area contributed by atoms with E-state index >= 15 is 0 Å². The Morgan fingerprint density at radius 3 is 2.46 bits per heavy atom. The van der Waals surface area contributed by atoms with Gasteiger partial charge in [-0.3, -0.25) is 4.79 Å². The minimum Gasteiger partial charge on any atom is -0.506 e. The lowest BCUT2D eigenvalue weighted by molar-refractivity contribution is 0.101. The summed E-state index contributed by atoms with van der Waals surface area (Å²) in [7, 11) is 0. The Morgan fingerprint density at radius 2 is 2.00 bits per heavy atom. The average molecular weight is 199 g/mol. The zero-order valence-corrected chi connectivity index (χ0v) is 8.57. The third-order valence-electron chi connectivity index (χ3n) is 2.03. The second-order valence-electron chi connectivity index (χ2n) is 3.08. The van der Waals surface area contributed by atoms with Crippen LogP contribution in [0.15, 0.2) is 6.07 Å². The number of benzene rings is 1. The molecule has 0 aliphatic carbocycles. The topological polar surface area (TPSA) is 37.3 Å². The molecule has 0 aliphatic rings. The summed E-state index contributed by atoms with van der Waals surface area (Å²) in [6.45, 7) is 4.99. The standard InChI is InChI=1S/C10H11ClO2/c1-5-4-8(13)10(11)6(2)9(5)7(3)12/h4,13H,1-3H3. The van der Waals surface area contributed by atoms with Crippen LogP contribution in [0.5, 0.6) is 5.75 Å². The minimum atomic E-state index is -0.0306. The van der Waals surface area contributed by atoms with Gasteiger partial charge in [0, 0.05) is 5.56 Å². The molecule has 1 aromatic carbocycles. The van der Waals surface area contributed by atoms with Crippen LogP contribution >= 0.6 is 11.6 Å². The normalized spacial score (nSPS) is 10.2. The third-order valence-corrected chi connectivity index (χ3v) is 2.51. The molecule has 1 rings (SSSR count). The zero-order chi connectivity index (χ0) is 10.2. The van der Waals surface area contributed by atoms with E-state index in [1.165, 1.54) is 13.0 Å². The van der Waals surface area contributed by atoms with E-state index in [9.17, 15) is 9.90 Å². The number of carbonyl (C=O) groups excluding carboxylic acids is 1. The molecule has 2 nitrogen and oxygen atoms in total. The molecule has 70 valence electrons. The first-order valence-electron chi connectivity index (χ1n) is 3.94. The van der Waals surface area contributed by atoms with Crippen molar-refractivity contribution in [3.05, 3.63) is 27.8 Å². The Hall–Kier alpha value is -1.02. The van der Waals surface area contributed by atoms with Crippen molar-refractivity contribution in [2.75, 3.05) is 0 Å². The fourth-order valence-electron chi connectivity index (χ4n) is 1.48. The number of hydrogen-bond donors (Lipinski definition) is 1. The van der Waals surface area contributed by atoms with Gasteiger partial charge in [0.25, 0.3) is 0 Å². The molecule has 0 aliphatic heterocycles. The Morgan fingerprint density at radius 1 is 1.46 bits per heavy atom. The monoisotopic (exact) mass is 198 g/mol. The van der Waals surface area contributed by atoms with Crippen molar-refractivity contribution >= 4 is 17.4 Å². The molecule has 0 amide bonds. The average Bonchev–Trinajstić information content (AvgIpc) is 1.99. The van der Waals surface area contributed by atoms with E-state index in [0.717, 1.165) is 5.56 Å². The summed E-state index contributed by atoms with van der Waals surface area (Å²) in [5.74, 6) is -0.00133. The fourth-order valence-corrected chi connectivity index (χ4v) is 1.63. The molecule has 0 saturated heterocycles. The number of rotatable bonds is 1. The van der Waals surface area contributed by atoms with Crippen LogP contribution in [-0.4, -0.2) is 10.9 Å². The lowest BCUT2D eigenvalue weighted by Crippen LogP contribution is -2.00. The number of aromatic hydroxyl groups is 1. The molecule has 0 atom stereocenters. The van der Waals surface area contributed by atoms with Crippen molar-refractivity contribution in [2.45, 2.75) is 20.8 Å². The van der Waals surface area contributed by atoms with Crippen LogP contribution in [-0.2, 0) is 0 Å². The van der Waals surface area contributed by atoms with Gasteiger partial charge in [-0.15, -0.1) is 0 Å². The third kappa shape index (κ3) is 1.68. The van der Waals surface area contributed by atoms with Gasteiger partial charge in [0.1, 0.15) is 5.75 Å². The minimum absolute atomic E-state index is 0.0293. The van der Waals surface area contributed by atoms with Gasteiger partial charge in [-0.05, 0) is 38.0 Å². The SMILES string of the molecule is CC(=O)c1c(C)cc(O)c(Cl)c1C. The first-order chi connectivity index (χ1) is 5.95. The van der Waals surface area contributed by atoms with Crippen molar-refractivity contribution < 1.29 is 9.90 Å². The number of ketones is 1. The van der Waals surface area contributed by atoms with Crippen LogP contribution in [0.25, 0.3) is 0 Å². The van der Waals surface area contributed by atoms with Gasteiger partial charge in [-0.1, -0.05) is 11.6 Å². The maximum Gasteiger partial charge on any atom is 0.160 e. The molecule has 0 aromatic heterocycles. The van der Waals surface area contributed by atoms with Gasteiger partial charge in [-0.2, -0.15) is 0 Å². The van der Waals surface area contributed by atoms with E-state index in [4.69, 9.17) is 11.6 Å². The summed E-state index contributed by atoms with van der Waals surface area (Å²) in [5, 5.41) is 9.60. The van der Waals surface area contributed by atoms with Gasteiger partial charge < -0.3 is 5.11 Å². The molecular weight excluding hydrogens is 188 g/mol. The first kappa shape index (κ1) is 10.1. The number of aryl methyl sites for hydroxylation is 1. The van der Waals surface area contributed by atoms with E-state index in [-0.39, 0.29) is 16.6 Å². The van der Waals surface area contributed by atoms with Crippen LogP contribution in [0, 0.1) is 13.8 Å². The van der Waals surface area contributed by atoms with Crippen molar-refractivity contribution in [1.29, 1.82) is 0 Å². The highest BCUT2D eigenvalue weighted by Gasteiger charge is 2.13. The van der Waals surface area contributed by atoms with Crippen molar-refractivity contribution in [3.8, 4) is 5.75 Å². The van der Waals surface area contributed by atoms with Crippen LogP contribution < -0.4 is 0 Å². The molecule has 1 N–H and O–H groups in total. The van der Waals surface area contributed by atoms with E-state index < -0.39 is 0 Å². The van der Waals surface area contributed by atoms with Gasteiger partial charge in [0.15, 0.2) is 5.78 Å². The highest BCUT2D eigenvalue weighted by Crippen LogP contribution is 2.31. The summed E-state index contributed by atoms with van der Waals surface area (Å²) in [4.78, 5) is 11.2. The predicted molar refractivity (Wildman–Crippen MR) is 52.6 cm³/mol. The van der Waals surface area contributed by atoms with E-state index in [0.29, 0.717) is 11.1 Å². The molecule has 3 heteroatoms. The maximum absolute atomic E-state index is 11.2. The van der Waals surface area contributed by atoms with E-state index in [2.05, 4.69) is 0 Å². The molecule has 0 saturated carbocycles. The summed E-state index contributed by atoms with van der Waals surface area (Å²) in [6.07, 6.45) is 0. The van der Waals surface area contributed by atoms with Gasteiger partial charge in [0.2, 0.25) is 0 Å². The molecular formula is C10H11ClO2. The molecule has 1 aromatic rings. The summed E-state index contributed by atoms with van der Waals surface area (Å²) in [6, 6.07) is 1.51. The zero-order valence-electron chi connectivity index (χ0n) is 7.81. The second-order valence-corrected chi connectivity index (χ2v) is 3.46. The van der Waals surface area contributed by atoms with Crippen LogP contribution in [0.2, 0.25) is 5.02 Å².